The Morgan fingerprint density at radius 3 is 2.56 bits per heavy atom. The fourth-order valence-corrected chi connectivity index (χ4v) is 2.65. The Balaban J connectivity index is 1.62. The van der Waals surface area contributed by atoms with Crippen LogP contribution in [0.15, 0.2) is 65.1 Å². The van der Waals surface area contributed by atoms with Crippen LogP contribution < -0.4 is 10.1 Å². The average molecular weight is 366 g/mol. The predicted molar refractivity (Wildman–Crippen MR) is 99.8 cm³/mol. The Bertz CT molecular complexity index is 947. The molecule has 0 fully saturated rings. The number of nitrogens with zero attached hydrogens (tertiary/aromatic N) is 1. The summed E-state index contributed by atoms with van der Waals surface area (Å²) >= 11 is 0. The molecule has 0 atom stereocenters. The van der Waals surface area contributed by atoms with Gasteiger partial charge in [-0.3, -0.25) is 14.9 Å². The minimum atomic E-state index is -0.480. The van der Waals surface area contributed by atoms with Crippen molar-refractivity contribution in [1.82, 2.24) is 5.32 Å². The Morgan fingerprint density at radius 1 is 1.11 bits per heavy atom. The third-order valence-corrected chi connectivity index (χ3v) is 4.05. The number of ether oxygens (including phenoxy) is 1. The monoisotopic (exact) mass is 366 g/mol. The van der Waals surface area contributed by atoms with Gasteiger partial charge in [0.05, 0.1) is 17.6 Å². The fraction of sp³-hybridized carbons (Fsp3) is 0.150. The summed E-state index contributed by atoms with van der Waals surface area (Å²) in [4.78, 5) is 22.9. The molecule has 0 saturated carbocycles. The molecule has 0 aliphatic heterocycles. The molecule has 1 heterocycles. The van der Waals surface area contributed by atoms with Crippen LogP contribution in [-0.2, 0) is 6.42 Å². The molecule has 7 heteroatoms. The number of amides is 1. The number of benzene rings is 2. The first-order valence-corrected chi connectivity index (χ1v) is 8.33. The van der Waals surface area contributed by atoms with E-state index in [2.05, 4.69) is 5.32 Å². The average Bonchev–Trinajstić information content (AvgIpc) is 3.18. The highest BCUT2D eigenvalue weighted by Crippen LogP contribution is 2.30. The van der Waals surface area contributed by atoms with Crippen LogP contribution in [0.25, 0.3) is 11.3 Å². The fourth-order valence-electron chi connectivity index (χ4n) is 2.65. The van der Waals surface area contributed by atoms with Crippen molar-refractivity contribution in [3.63, 3.8) is 0 Å². The van der Waals surface area contributed by atoms with Gasteiger partial charge in [-0.1, -0.05) is 24.3 Å². The van der Waals surface area contributed by atoms with E-state index in [1.165, 1.54) is 12.1 Å². The maximum absolute atomic E-state index is 12.2. The summed E-state index contributed by atoms with van der Waals surface area (Å²) in [6, 6.07) is 16.9. The minimum absolute atomic E-state index is 0.0710. The molecule has 2 aromatic carbocycles. The summed E-state index contributed by atoms with van der Waals surface area (Å²) in [5, 5.41) is 13.9. The van der Waals surface area contributed by atoms with Crippen LogP contribution in [0.4, 0.5) is 5.69 Å². The summed E-state index contributed by atoms with van der Waals surface area (Å²) in [5.41, 5.74) is 1.33. The number of para-hydroxylation sites is 1. The molecule has 0 saturated heterocycles. The second kappa shape index (κ2) is 8.18. The number of rotatable bonds is 7. The lowest BCUT2D eigenvalue weighted by atomic mass is 10.1. The summed E-state index contributed by atoms with van der Waals surface area (Å²) in [7, 11) is 1.61. The second-order valence-electron chi connectivity index (χ2n) is 5.79. The molecule has 1 N–H and O–H groups in total. The largest absolute Gasteiger partial charge is 0.497 e. The Labute approximate surface area is 155 Å². The molecule has 7 nitrogen and oxygen atoms in total. The minimum Gasteiger partial charge on any atom is -0.497 e. The highest BCUT2D eigenvalue weighted by atomic mass is 16.6. The van der Waals surface area contributed by atoms with Crippen molar-refractivity contribution in [2.24, 2.45) is 0 Å². The summed E-state index contributed by atoms with van der Waals surface area (Å²) in [5.74, 6) is 0.801. The van der Waals surface area contributed by atoms with Crippen LogP contribution in [0.2, 0.25) is 0 Å². The number of methoxy groups -OCH3 is 1. The van der Waals surface area contributed by atoms with Gasteiger partial charge in [-0.15, -0.1) is 0 Å². The smallest absolute Gasteiger partial charge is 0.287 e. The standard InChI is InChI=1S/C20H18N2O5/c1-26-15-8-6-14(7-9-15)12-13-21-20(23)19-11-10-18(27-19)16-4-2-3-5-17(16)22(24)25/h2-11H,12-13H2,1H3,(H,21,23). The van der Waals surface area contributed by atoms with Crippen LogP contribution in [0.3, 0.4) is 0 Å². The van der Waals surface area contributed by atoms with E-state index in [0.717, 1.165) is 11.3 Å². The molecular weight excluding hydrogens is 348 g/mol. The van der Waals surface area contributed by atoms with Crippen LogP contribution >= 0.6 is 0 Å². The van der Waals surface area contributed by atoms with Crippen LogP contribution in [-0.4, -0.2) is 24.5 Å². The predicted octanol–water partition coefficient (Wildman–Crippen LogP) is 3.84. The van der Waals surface area contributed by atoms with Crippen LogP contribution in [0.5, 0.6) is 5.75 Å². The van der Waals surface area contributed by atoms with Gasteiger partial charge in [0.1, 0.15) is 11.5 Å². The highest BCUT2D eigenvalue weighted by Gasteiger charge is 2.19. The van der Waals surface area contributed by atoms with E-state index in [-0.39, 0.29) is 23.1 Å². The zero-order chi connectivity index (χ0) is 19.2. The molecule has 0 aliphatic carbocycles. The summed E-state index contributed by atoms with van der Waals surface area (Å²) in [6.45, 7) is 0.437. The molecule has 1 aromatic heterocycles. The van der Waals surface area contributed by atoms with Gasteiger partial charge in [0, 0.05) is 12.6 Å². The zero-order valence-corrected chi connectivity index (χ0v) is 14.7. The van der Waals surface area contributed by atoms with E-state index in [9.17, 15) is 14.9 Å². The molecule has 0 aliphatic rings. The number of hydrogen-bond acceptors (Lipinski definition) is 5. The Morgan fingerprint density at radius 2 is 1.85 bits per heavy atom. The van der Waals surface area contributed by atoms with Gasteiger partial charge in [-0.2, -0.15) is 0 Å². The van der Waals surface area contributed by atoms with E-state index in [1.54, 1.807) is 31.4 Å². The van der Waals surface area contributed by atoms with Gasteiger partial charge in [0.25, 0.3) is 11.6 Å². The first kappa shape index (κ1) is 18.2. The summed E-state index contributed by atoms with van der Waals surface area (Å²) < 4.78 is 10.6. The van der Waals surface area contributed by atoms with Crippen LogP contribution in [0, 0.1) is 10.1 Å². The quantitative estimate of drug-likeness (QED) is 0.506. The van der Waals surface area contributed by atoms with Crippen molar-refractivity contribution in [2.75, 3.05) is 13.7 Å². The number of nitro benzene ring substituents is 1. The molecule has 0 spiro atoms. The van der Waals surface area contributed by atoms with Crippen molar-refractivity contribution in [1.29, 1.82) is 0 Å². The second-order valence-corrected chi connectivity index (χ2v) is 5.79. The molecule has 0 radical (unpaired) electrons. The Kier molecular flexibility index (Phi) is 5.51. The van der Waals surface area contributed by atoms with Crippen molar-refractivity contribution in [3.8, 4) is 17.1 Å². The first-order chi connectivity index (χ1) is 13.1. The number of hydrogen-bond donors (Lipinski definition) is 1. The zero-order valence-electron chi connectivity index (χ0n) is 14.7. The van der Waals surface area contributed by atoms with E-state index < -0.39 is 4.92 Å². The van der Waals surface area contributed by atoms with Crippen molar-refractivity contribution >= 4 is 11.6 Å². The van der Waals surface area contributed by atoms with Crippen molar-refractivity contribution in [2.45, 2.75) is 6.42 Å². The topological polar surface area (TPSA) is 94.6 Å². The summed E-state index contributed by atoms with van der Waals surface area (Å²) in [6.07, 6.45) is 0.660. The molecule has 27 heavy (non-hydrogen) atoms. The lowest BCUT2D eigenvalue weighted by Gasteiger charge is -2.05. The van der Waals surface area contributed by atoms with E-state index in [4.69, 9.17) is 9.15 Å². The number of nitrogens with one attached hydrogen (secondary N) is 1. The SMILES string of the molecule is COc1ccc(CCNC(=O)c2ccc(-c3ccccc3[N+](=O)[O-])o2)cc1. The highest BCUT2D eigenvalue weighted by molar-refractivity contribution is 5.92. The number of carbonyl (C=O) groups is 1. The van der Waals surface area contributed by atoms with Gasteiger partial charge in [-0.05, 0) is 42.3 Å². The lowest BCUT2D eigenvalue weighted by molar-refractivity contribution is -0.384. The van der Waals surface area contributed by atoms with Gasteiger partial charge in [0.2, 0.25) is 0 Å². The lowest BCUT2D eigenvalue weighted by Crippen LogP contribution is -2.25. The van der Waals surface area contributed by atoms with Gasteiger partial charge in [-0.25, -0.2) is 0 Å². The molecule has 0 unspecified atom stereocenters. The first-order valence-electron chi connectivity index (χ1n) is 8.33. The number of furan rings is 1. The molecule has 1 amide bonds. The number of carbonyl (C=O) groups excluding carboxylic acids is 1. The van der Waals surface area contributed by atoms with E-state index >= 15 is 0 Å². The van der Waals surface area contributed by atoms with Gasteiger partial charge < -0.3 is 14.5 Å². The van der Waals surface area contributed by atoms with Crippen molar-refractivity contribution < 1.29 is 18.9 Å². The molecule has 3 rings (SSSR count). The number of nitro groups is 1. The molecule has 138 valence electrons. The molecule has 3 aromatic rings. The normalized spacial score (nSPS) is 10.4. The maximum atomic E-state index is 12.2. The van der Waals surface area contributed by atoms with Gasteiger partial charge in [0.15, 0.2) is 5.76 Å². The maximum Gasteiger partial charge on any atom is 0.287 e. The third-order valence-electron chi connectivity index (χ3n) is 4.05. The van der Waals surface area contributed by atoms with Gasteiger partial charge >= 0.3 is 0 Å². The van der Waals surface area contributed by atoms with E-state index in [1.807, 2.05) is 24.3 Å². The van der Waals surface area contributed by atoms with Crippen molar-refractivity contribution in [3.05, 3.63) is 82.1 Å². The van der Waals surface area contributed by atoms with E-state index in [0.29, 0.717) is 18.5 Å². The van der Waals surface area contributed by atoms with Crippen LogP contribution in [0.1, 0.15) is 16.1 Å². The Hall–Kier alpha value is -3.61. The molecule has 0 bridgehead atoms. The third kappa shape index (κ3) is 4.33. The molecular formula is C20H18N2O5.